The molecule has 0 spiro atoms. The number of hydrogen-bond acceptors (Lipinski definition) is 5. The van der Waals surface area contributed by atoms with E-state index in [0.29, 0.717) is 0 Å². The van der Waals surface area contributed by atoms with Gasteiger partial charge in [0.05, 0.1) is 11.2 Å². The van der Waals surface area contributed by atoms with Crippen molar-refractivity contribution in [2.75, 3.05) is 7.04 Å². The van der Waals surface area contributed by atoms with Crippen LogP contribution in [0.25, 0.3) is 0 Å². The van der Waals surface area contributed by atoms with E-state index in [-0.39, 0.29) is 5.56 Å². The van der Waals surface area contributed by atoms with Crippen LogP contribution in [-0.2, 0) is 15.9 Å². The molecule has 0 amide bonds. The maximum absolute atomic E-state index is 11.5. The smallest absolute Gasteiger partial charge is 0.322 e. The molecule has 82 valence electrons. The van der Waals surface area contributed by atoms with Gasteiger partial charge in [-0.1, -0.05) is 6.07 Å². The standard InChI is InChI=1S/C10H13NO4/c1-15-10(14)7(11)4-6-2-3-8(12)9(13)5-6/h2-3,5,7,12-13H,4,11H2,1H3/t7-/m0/s1/i1D3,4D2. The summed E-state index contributed by atoms with van der Waals surface area (Å²) in [4.78, 5) is 11.5. The van der Waals surface area contributed by atoms with Gasteiger partial charge < -0.3 is 20.7 Å². The van der Waals surface area contributed by atoms with Crippen molar-refractivity contribution in [3.8, 4) is 11.5 Å². The van der Waals surface area contributed by atoms with Crippen LogP contribution in [0.2, 0.25) is 0 Å². The quantitative estimate of drug-likeness (QED) is 0.493. The van der Waals surface area contributed by atoms with Gasteiger partial charge in [-0.2, -0.15) is 0 Å². The van der Waals surface area contributed by atoms with E-state index in [1.807, 2.05) is 0 Å². The van der Waals surface area contributed by atoms with Gasteiger partial charge in [0.1, 0.15) is 6.04 Å². The molecule has 0 bridgehead atoms. The maximum atomic E-state index is 11.5. The Morgan fingerprint density at radius 3 is 3.00 bits per heavy atom. The van der Waals surface area contributed by atoms with E-state index in [1.165, 1.54) is 0 Å². The van der Waals surface area contributed by atoms with Gasteiger partial charge in [-0.3, -0.25) is 4.79 Å². The summed E-state index contributed by atoms with van der Waals surface area (Å²) < 4.78 is 39.8. The Morgan fingerprint density at radius 1 is 1.67 bits per heavy atom. The first-order valence-electron chi connectivity index (χ1n) is 6.46. The second-order valence-electron chi connectivity index (χ2n) is 2.75. The molecule has 0 fully saturated rings. The van der Waals surface area contributed by atoms with Crippen LogP contribution >= 0.6 is 0 Å². The monoisotopic (exact) mass is 216 g/mol. The fraction of sp³-hybridized carbons (Fsp3) is 0.300. The first kappa shape index (κ1) is 5.97. The molecule has 1 atom stereocenters. The molecule has 0 radical (unpaired) electrons. The normalized spacial score (nSPS) is 18.9. The molecule has 5 heteroatoms. The molecular weight excluding hydrogens is 198 g/mol. The van der Waals surface area contributed by atoms with E-state index in [2.05, 4.69) is 4.74 Å². The van der Waals surface area contributed by atoms with E-state index < -0.39 is 36.9 Å². The number of nitrogens with two attached hydrogens (primary N) is 1. The van der Waals surface area contributed by atoms with E-state index in [1.54, 1.807) is 0 Å². The first-order valence-corrected chi connectivity index (χ1v) is 3.96. The molecule has 0 heterocycles. The zero-order valence-corrected chi connectivity index (χ0v) is 7.60. The zero-order chi connectivity index (χ0) is 15.7. The highest BCUT2D eigenvalue weighted by Crippen LogP contribution is 2.25. The number of carbonyl (C=O) groups is 1. The van der Waals surface area contributed by atoms with Gasteiger partial charge in [0.2, 0.25) is 0 Å². The Labute approximate surface area is 94.1 Å². The summed E-state index contributed by atoms with van der Waals surface area (Å²) in [6.07, 6.45) is -2.49. The lowest BCUT2D eigenvalue weighted by molar-refractivity contribution is -0.142. The van der Waals surface area contributed by atoms with Gasteiger partial charge in [0, 0.05) is 2.74 Å². The summed E-state index contributed by atoms with van der Waals surface area (Å²) in [5.74, 6) is -2.51. The molecular formula is C10H13NO4. The number of phenolic OH excluding ortho intramolecular Hbond substituents is 2. The molecule has 1 aromatic carbocycles. The molecule has 1 rings (SSSR count). The van der Waals surface area contributed by atoms with E-state index >= 15 is 0 Å². The van der Waals surface area contributed by atoms with Crippen LogP contribution < -0.4 is 5.73 Å². The van der Waals surface area contributed by atoms with Crippen molar-refractivity contribution in [1.82, 2.24) is 0 Å². The van der Waals surface area contributed by atoms with Crippen molar-refractivity contribution in [1.29, 1.82) is 0 Å². The lowest BCUT2D eigenvalue weighted by Crippen LogP contribution is -2.33. The Kier molecular flexibility index (Phi) is 1.85. The van der Waals surface area contributed by atoms with Crippen LogP contribution in [-0.4, -0.2) is 29.3 Å². The number of aromatic hydroxyl groups is 2. The van der Waals surface area contributed by atoms with Gasteiger partial charge in [0.25, 0.3) is 0 Å². The van der Waals surface area contributed by atoms with Gasteiger partial charge >= 0.3 is 5.97 Å². The topological polar surface area (TPSA) is 92.8 Å². The van der Waals surface area contributed by atoms with Crippen molar-refractivity contribution >= 4 is 5.97 Å². The maximum Gasteiger partial charge on any atom is 0.322 e. The summed E-state index contributed by atoms with van der Waals surface area (Å²) in [5, 5.41) is 18.4. The molecule has 4 N–H and O–H groups in total. The summed E-state index contributed by atoms with van der Waals surface area (Å²) >= 11 is 0. The zero-order valence-electron chi connectivity index (χ0n) is 12.6. The minimum atomic E-state index is -3.03. The minimum Gasteiger partial charge on any atom is -0.504 e. The minimum absolute atomic E-state index is 0.206. The molecule has 0 aromatic heterocycles. The van der Waals surface area contributed by atoms with Crippen LogP contribution in [0.15, 0.2) is 18.2 Å². The van der Waals surface area contributed by atoms with Gasteiger partial charge in [-0.25, -0.2) is 0 Å². The third-order valence-corrected chi connectivity index (χ3v) is 1.65. The SMILES string of the molecule is [2H]C([2H])([2H])OC(=O)[C@@H](N)C([2H])([2H])c1ccc(O)c(O)c1. The van der Waals surface area contributed by atoms with Crippen molar-refractivity contribution in [2.24, 2.45) is 5.73 Å². The fourth-order valence-corrected chi connectivity index (χ4v) is 0.915. The molecule has 0 aliphatic carbocycles. The van der Waals surface area contributed by atoms with E-state index in [0.717, 1.165) is 18.2 Å². The van der Waals surface area contributed by atoms with Gasteiger partial charge in [-0.15, -0.1) is 0 Å². The Bertz CT molecular complexity index is 517. The van der Waals surface area contributed by atoms with Crippen molar-refractivity contribution in [3.05, 3.63) is 23.8 Å². The van der Waals surface area contributed by atoms with Crippen LogP contribution in [0, 0.1) is 0 Å². The molecule has 0 unspecified atom stereocenters. The highest BCUT2D eigenvalue weighted by Gasteiger charge is 2.14. The lowest BCUT2D eigenvalue weighted by Gasteiger charge is -2.09. The van der Waals surface area contributed by atoms with Crippen molar-refractivity contribution < 1.29 is 26.6 Å². The van der Waals surface area contributed by atoms with Crippen LogP contribution in [0.1, 0.15) is 12.4 Å². The molecule has 1 aromatic rings. The summed E-state index contributed by atoms with van der Waals surface area (Å²) in [6.45, 7) is 0. The highest BCUT2D eigenvalue weighted by atomic mass is 16.5. The van der Waals surface area contributed by atoms with Crippen LogP contribution in [0.4, 0.5) is 0 Å². The van der Waals surface area contributed by atoms with E-state index in [4.69, 9.17) is 17.7 Å². The first-order chi connectivity index (χ1) is 8.95. The van der Waals surface area contributed by atoms with Crippen molar-refractivity contribution in [3.63, 3.8) is 0 Å². The number of methoxy groups -OCH3 is 1. The second-order valence-corrected chi connectivity index (χ2v) is 2.75. The second kappa shape index (κ2) is 4.65. The van der Waals surface area contributed by atoms with Crippen LogP contribution in [0.5, 0.6) is 11.5 Å². The average molecular weight is 216 g/mol. The molecule has 0 saturated carbocycles. The summed E-state index contributed by atoms with van der Waals surface area (Å²) in [6, 6.07) is 1.10. The number of carbonyl (C=O) groups excluding carboxylic acids is 1. The number of ether oxygens (including phenoxy) is 1. The summed E-state index contributed by atoms with van der Waals surface area (Å²) in [7, 11) is -3.03. The number of phenols is 2. The predicted molar refractivity (Wildman–Crippen MR) is 53.5 cm³/mol. The predicted octanol–water partition coefficient (Wildman–Crippen LogP) is 0.141. The van der Waals surface area contributed by atoms with Gasteiger partial charge in [0.15, 0.2) is 11.5 Å². The molecule has 0 aliphatic rings. The fourth-order valence-electron chi connectivity index (χ4n) is 0.915. The molecule has 15 heavy (non-hydrogen) atoms. The van der Waals surface area contributed by atoms with Gasteiger partial charge in [-0.05, 0) is 24.1 Å². The summed E-state index contributed by atoms with van der Waals surface area (Å²) in [5.41, 5.74) is 5.17. The number of rotatable bonds is 3. The number of hydrogen-bond donors (Lipinski definition) is 3. The lowest BCUT2D eigenvalue weighted by atomic mass is 10.1. The average Bonchev–Trinajstić information content (AvgIpc) is 2.29. The number of esters is 1. The Hall–Kier alpha value is -1.75. The highest BCUT2D eigenvalue weighted by molar-refractivity contribution is 5.75. The molecule has 5 nitrogen and oxygen atoms in total. The van der Waals surface area contributed by atoms with Crippen LogP contribution in [0.3, 0.4) is 0 Å². The third-order valence-electron chi connectivity index (χ3n) is 1.65. The molecule has 0 aliphatic heterocycles. The largest absolute Gasteiger partial charge is 0.504 e. The van der Waals surface area contributed by atoms with E-state index in [9.17, 15) is 9.90 Å². The Morgan fingerprint density at radius 2 is 2.40 bits per heavy atom. The molecule has 0 saturated heterocycles. The number of benzene rings is 1. The van der Waals surface area contributed by atoms with Crippen molar-refractivity contribution in [2.45, 2.75) is 12.4 Å². The third kappa shape index (κ3) is 2.85. The Balaban J connectivity index is 3.02.